The third-order valence-corrected chi connectivity index (χ3v) is 6.92. The predicted octanol–water partition coefficient (Wildman–Crippen LogP) is 3.25. The summed E-state index contributed by atoms with van der Waals surface area (Å²) in [6.07, 6.45) is 0.707. The highest BCUT2D eigenvalue weighted by atomic mass is 19.3. The summed E-state index contributed by atoms with van der Waals surface area (Å²) < 4.78 is 27.9. The van der Waals surface area contributed by atoms with Crippen LogP contribution in [0.5, 0.6) is 0 Å². The fourth-order valence-electron chi connectivity index (χ4n) is 5.18. The molecule has 1 heterocycles. The number of carbonyl (C=O) groups is 1. The number of carbonyl (C=O) groups excluding carboxylic acids is 1. The van der Waals surface area contributed by atoms with Crippen molar-refractivity contribution in [3.05, 3.63) is 59.7 Å². The molecular weight excluding hydrogens is 426 g/mol. The third-order valence-electron chi connectivity index (χ3n) is 6.92. The van der Waals surface area contributed by atoms with E-state index in [4.69, 9.17) is 11.5 Å². The first-order valence-corrected chi connectivity index (χ1v) is 11.5. The van der Waals surface area contributed by atoms with Crippen LogP contribution in [-0.4, -0.2) is 41.0 Å². The number of likely N-dealkylation sites (tertiary alicyclic amines) is 1. The Morgan fingerprint density at radius 1 is 1.09 bits per heavy atom. The molecule has 1 aliphatic carbocycles. The number of nitrogen functional groups attached to an aromatic ring is 2. The maximum atomic E-state index is 14.0. The van der Waals surface area contributed by atoms with E-state index in [9.17, 15) is 18.7 Å². The van der Waals surface area contributed by atoms with E-state index in [0.29, 0.717) is 36.3 Å². The molecule has 178 valence electrons. The van der Waals surface area contributed by atoms with E-state index in [-0.39, 0.29) is 18.9 Å². The van der Waals surface area contributed by atoms with Gasteiger partial charge in [0.15, 0.2) is 5.60 Å². The number of aliphatic hydroxyl groups is 1. The molecule has 4 rings (SSSR count). The number of rotatable bonds is 6. The van der Waals surface area contributed by atoms with Crippen molar-refractivity contribution < 1.29 is 18.7 Å². The quantitative estimate of drug-likeness (QED) is 0.498. The molecule has 0 radical (unpaired) electrons. The summed E-state index contributed by atoms with van der Waals surface area (Å²) in [7, 11) is 0. The second kappa shape index (κ2) is 9.27. The van der Waals surface area contributed by atoms with Crippen molar-refractivity contribution in [1.29, 1.82) is 0 Å². The van der Waals surface area contributed by atoms with E-state index in [1.54, 1.807) is 36.4 Å². The summed E-state index contributed by atoms with van der Waals surface area (Å²) in [5.41, 5.74) is 12.4. The van der Waals surface area contributed by atoms with Gasteiger partial charge >= 0.3 is 0 Å². The number of amides is 1. The number of piperidine rings is 1. The Hall–Kier alpha value is -2.71. The maximum Gasteiger partial charge on any atom is 0.257 e. The second-order valence-electron chi connectivity index (χ2n) is 9.46. The lowest BCUT2D eigenvalue weighted by atomic mass is 9.79. The molecule has 0 bridgehead atoms. The largest absolute Gasteiger partial charge is 0.399 e. The van der Waals surface area contributed by atoms with Gasteiger partial charge in [0.1, 0.15) is 0 Å². The number of anilines is 2. The van der Waals surface area contributed by atoms with E-state index in [2.05, 4.69) is 10.2 Å². The zero-order chi connectivity index (χ0) is 23.6. The van der Waals surface area contributed by atoms with Crippen molar-refractivity contribution in [1.82, 2.24) is 10.2 Å². The Bertz CT molecular complexity index is 959. The van der Waals surface area contributed by atoms with Crippen LogP contribution in [0, 0.1) is 5.92 Å². The molecule has 2 fully saturated rings. The standard InChI is InChI=1S/C25H32F2N4O2/c26-24(27)9-6-19(15-24)25(33,18-4-2-1-3-5-18)23(32)30-22-7-10-31(11-8-22)16-17-12-20(28)14-21(29)13-17/h1-5,12-14,19,22,33H,6-11,15-16,28-29H2,(H,30,32)/t19-,25?/m1/s1. The Kier molecular flexibility index (Phi) is 6.59. The molecule has 1 unspecified atom stereocenters. The number of nitrogens with two attached hydrogens (primary N) is 2. The van der Waals surface area contributed by atoms with Gasteiger partial charge in [-0.25, -0.2) is 8.78 Å². The molecule has 1 amide bonds. The van der Waals surface area contributed by atoms with Crippen molar-refractivity contribution in [2.75, 3.05) is 24.6 Å². The van der Waals surface area contributed by atoms with Crippen LogP contribution in [0.3, 0.4) is 0 Å². The van der Waals surface area contributed by atoms with Gasteiger partial charge in [-0.2, -0.15) is 0 Å². The first kappa shape index (κ1) is 23.4. The minimum absolute atomic E-state index is 0.105. The lowest BCUT2D eigenvalue weighted by Gasteiger charge is -2.37. The third kappa shape index (κ3) is 5.28. The van der Waals surface area contributed by atoms with Crippen molar-refractivity contribution in [2.24, 2.45) is 5.92 Å². The SMILES string of the molecule is Nc1cc(N)cc(CN2CCC(NC(=O)C(O)(c3ccccc3)[C@@H]3CCC(F)(F)C3)CC2)c1. The van der Waals surface area contributed by atoms with Gasteiger partial charge in [-0.3, -0.25) is 9.69 Å². The number of hydrogen-bond donors (Lipinski definition) is 4. The fourth-order valence-corrected chi connectivity index (χ4v) is 5.18. The smallest absolute Gasteiger partial charge is 0.257 e. The van der Waals surface area contributed by atoms with Crippen LogP contribution in [0.4, 0.5) is 20.2 Å². The lowest BCUT2D eigenvalue weighted by Crippen LogP contribution is -2.54. The average Bonchev–Trinajstić information content (AvgIpc) is 3.14. The summed E-state index contributed by atoms with van der Waals surface area (Å²) in [6.45, 7) is 2.22. The summed E-state index contributed by atoms with van der Waals surface area (Å²) in [4.78, 5) is 15.6. The van der Waals surface area contributed by atoms with Crippen LogP contribution in [0.15, 0.2) is 48.5 Å². The highest BCUT2D eigenvalue weighted by molar-refractivity contribution is 5.87. The highest BCUT2D eigenvalue weighted by Crippen LogP contribution is 2.47. The topological polar surface area (TPSA) is 105 Å². The molecule has 0 aromatic heterocycles. The number of nitrogens with zero attached hydrogens (tertiary/aromatic N) is 1. The monoisotopic (exact) mass is 458 g/mol. The normalized spacial score (nSPS) is 23.2. The van der Waals surface area contributed by atoms with E-state index in [1.165, 1.54) is 0 Å². The minimum Gasteiger partial charge on any atom is -0.399 e. The first-order chi connectivity index (χ1) is 15.7. The summed E-state index contributed by atoms with van der Waals surface area (Å²) in [6, 6.07) is 13.9. The van der Waals surface area contributed by atoms with Crippen molar-refractivity contribution in [3.8, 4) is 0 Å². The Balaban J connectivity index is 1.41. The number of alkyl halides is 2. The van der Waals surface area contributed by atoms with Crippen LogP contribution in [-0.2, 0) is 16.9 Å². The lowest BCUT2D eigenvalue weighted by molar-refractivity contribution is -0.149. The van der Waals surface area contributed by atoms with E-state index < -0.39 is 29.8 Å². The van der Waals surface area contributed by atoms with Crippen LogP contribution < -0.4 is 16.8 Å². The molecule has 8 heteroatoms. The van der Waals surface area contributed by atoms with Crippen LogP contribution in [0.2, 0.25) is 0 Å². The van der Waals surface area contributed by atoms with Crippen LogP contribution >= 0.6 is 0 Å². The van der Waals surface area contributed by atoms with E-state index in [0.717, 1.165) is 18.7 Å². The number of benzene rings is 2. The number of halogens is 2. The van der Waals surface area contributed by atoms with Crippen LogP contribution in [0.1, 0.15) is 43.2 Å². The van der Waals surface area contributed by atoms with Gasteiger partial charge in [-0.1, -0.05) is 30.3 Å². The van der Waals surface area contributed by atoms with Crippen molar-refractivity contribution >= 4 is 17.3 Å². The molecule has 2 aliphatic rings. The Morgan fingerprint density at radius 3 is 2.30 bits per heavy atom. The van der Waals surface area contributed by atoms with Gasteiger partial charge in [0.2, 0.25) is 5.92 Å². The molecule has 1 saturated carbocycles. The molecular formula is C25H32F2N4O2. The molecule has 33 heavy (non-hydrogen) atoms. The zero-order valence-corrected chi connectivity index (χ0v) is 18.6. The first-order valence-electron chi connectivity index (χ1n) is 11.5. The molecule has 6 N–H and O–H groups in total. The van der Waals surface area contributed by atoms with Gasteiger partial charge in [-0.05, 0) is 48.6 Å². The van der Waals surface area contributed by atoms with Crippen LogP contribution in [0.25, 0.3) is 0 Å². The van der Waals surface area contributed by atoms with Gasteiger partial charge in [-0.15, -0.1) is 0 Å². The molecule has 2 atom stereocenters. The van der Waals surface area contributed by atoms with Gasteiger partial charge < -0.3 is 21.9 Å². The molecule has 2 aromatic rings. The molecule has 6 nitrogen and oxygen atoms in total. The molecule has 2 aromatic carbocycles. The Morgan fingerprint density at radius 2 is 1.73 bits per heavy atom. The minimum atomic E-state index is -2.86. The maximum absolute atomic E-state index is 14.0. The summed E-state index contributed by atoms with van der Waals surface area (Å²) >= 11 is 0. The number of nitrogens with one attached hydrogen (secondary N) is 1. The van der Waals surface area contributed by atoms with Gasteiger partial charge in [0, 0.05) is 55.8 Å². The van der Waals surface area contributed by atoms with E-state index in [1.807, 2.05) is 12.1 Å². The molecule has 0 spiro atoms. The Labute approximate surface area is 192 Å². The molecule has 1 aliphatic heterocycles. The second-order valence-corrected chi connectivity index (χ2v) is 9.46. The van der Waals surface area contributed by atoms with Gasteiger partial charge in [0.25, 0.3) is 5.91 Å². The fraction of sp³-hybridized carbons (Fsp3) is 0.480. The summed E-state index contributed by atoms with van der Waals surface area (Å²) in [5, 5.41) is 14.5. The van der Waals surface area contributed by atoms with Gasteiger partial charge in [0.05, 0.1) is 0 Å². The average molecular weight is 459 g/mol. The number of hydrogen-bond acceptors (Lipinski definition) is 5. The summed E-state index contributed by atoms with van der Waals surface area (Å²) in [5.74, 6) is -4.27. The highest BCUT2D eigenvalue weighted by Gasteiger charge is 2.53. The molecule has 1 saturated heterocycles. The van der Waals surface area contributed by atoms with Crippen molar-refractivity contribution in [3.63, 3.8) is 0 Å². The zero-order valence-electron chi connectivity index (χ0n) is 18.6. The predicted molar refractivity (Wildman–Crippen MR) is 124 cm³/mol. The van der Waals surface area contributed by atoms with E-state index >= 15 is 0 Å². The van der Waals surface area contributed by atoms with Crippen molar-refractivity contribution in [2.45, 2.75) is 56.2 Å².